The molecule has 8 nitrogen and oxygen atoms in total. The number of rotatable bonds is 8. The molecular weight excluding hydrogens is 451 g/mol. The van der Waals surface area contributed by atoms with E-state index in [0.29, 0.717) is 37.4 Å². The van der Waals surface area contributed by atoms with Crippen LogP contribution >= 0.6 is 11.6 Å². The van der Waals surface area contributed by atoms with Gasteiger partial charge >= 0.3 is 6.18 Å². The second kappa shape index (κ2) is 10.8. The lowest BCUT2D eigenvalue weighted by Crippen LogP contribution is -2.49. The Bertz CT molecular complexity index is 893. The minimum atomic E-state index is -4.59. The van der Waals surface area contributed by atoms with E-state index < -0.39 is 23.6 Å². The van der Waals surface area contributed by atoms with Crippen LogP contribution in [0.3, 0.4) is 0 Å². The predicted molar refractivity (Wildman–Crippen MR) is 111 cm³/mol. The molecule has 0 N–H and O–H groups in total. The summed E-state index contributed by atoms with van der Waals surface area (Å²) in [5, 5.41) is 7.24. The average Bonchev–Trinajstić information content (AvgIpc) is 2.78. The lowest BCUT2D eigenvalue weighted by molar-refractivity contribution is -0.140. The zero-order valence-corrected chi connectivity index (χ0v) is 18.1. The summed E-state index contributed by atoms with van der Waals surface area (Å²) in [5.74, 6) is 0.364. The van der Waals surface area contributed by atoms with Crippen molar-refractivity contribution >= 4 is 23.3 Å². The minimum Gasteiger partial charge on any atom is -0.489 e. The highest BCUT2D eigenvalue weighted by Gasteiger charge is 2.35. The maximum Gasteiger partial charge on any atom is 0.421 e. The maximum absolute atomic E-state index is 12.9. The lowest BCUT2D eigenvalue weighted by atomic mass is 10.2. The predicted octanol–water partition coefficient (Wildman–Crippen LogP) is 3.07. The highest BCUT2D eigenvalue weighted by Crippen LogP contribution is 2.34. The third kappa shape index (κ3) is 6.67. The van der Waals surface area contributed by atoms with E-state index in [0.717, 1.165) is 12.0 Å². The Labute approximate surface area is 188 Å². The van der Waals surface area contributed by atoms with Gasteiger partial charge in [0.25, 0.3) is 0 Å². The van der Waals surface area contributed by atoms with E-state index in [1.54, 1.807) is 24.1 Å². The van der Waals surface area contributed by atoms with Crippen molar-refractivity contribution in [1.29, 1.82) is 0 Å². The number of hydrogen-bond acceptors (Lipinski definition) is 7. The molecule has 0 aliphatic carbocycles. The number of amides is 1. The number of pyridine rings is 1. The summed E-state index contributed by atoms with van der Waals surface area (Å²) in [6.07, 6.45) is -1.81. The molecule has 0 saturated carbocycles. The molecule has 1 aliphatic heterocycles. The molecule has 174 valence electrons. The van der Waals surface area contributed by atoms with Gasteiger partial charge in [0, 0.05) is 32.4 Å². The van der Waals surface area contributed by atoms with Crippen molar-refractivity contribution in [2.24, 2.45) is 0 Å². The van der Waals surface area contributed by atoms with Gasteiger partial charge in [-0.15, -0.1) is 0 Å². The Morgan fingerprint density at radius 2 is 1.88 bits per heavy atom. The van der Waals surface area contributed by atoms with Crippen LogP contribution in [-0.4, -0.2) is 71.5 Å². The number of alkyl halides is 3. The van der Waals surface area contributed by atoms with Gasteiger partial charge < -0.3 is 19.3 Å². The fourth-order valence-electron chi connectivity index (χ4n) is 3.14. The van der Waals surface area contributed by atoms with E-state index in [1.165, 1.54) is 0 Å². The van der Waals surface area contributed by atoms with Gasteiger partial charge in [-0.25, -0.2) is 4.98 Å². The van der Waals surface area contributed by atoms with Crippen molar-refractivity contribution in [1.82, 2.24) is 20.1 Å². The van der Waals surface area contributed by atoms with Crippen LogP contribution in [0, 0.1) is 0 Å². The van der Waals surface area contributed by atoms with Gasteiger partial charge in [0.1, 0.15) is 18.0 Å². The van der Waals surface area contributed by atoms with Gasteiger partial charge in [0.05, 0.1) is 36.5 Å². The van der Waals surface area contributed by atoms with Crippen molar-refractivity contribution in [3.8, 4) is 5.75 Å². The number of carbonyl (C=O) groups excluding carboxylic acids is 1. The number of halogens is 4. The SMILES string of the molecule is CC(COc1cnncc1C(F)(F)F)OCCC(=O)N1CCN(c2ccc(Cl)cn2)CC1. The highest BCUT2D eigenvalue weighted by molar-refractivity contribution is 6.30. The van der Waals surface area contributed by atoms with E-state index in [4.69, 9.17) is 21.1 Å². The molecule has 0 radical (unpaired) electrons. The van der Waals surface area contributed by atoms with Crippen molar-refractivity contribution in [2.75, 3.05) is 44.3 Å². The molecule has 2 aromatic heterocycles. The first-order chi connectivity index (χ1) is 15.2. The van der Waals surface area contributed by atoms with Gasteiger partial charge in [0.2, 0.25) is 5.91 Å². The monoisotopic (exact) mass is 473 g/mol. The molecule has 1 fully saturated rings. The number of ether oxygens (including phenoxy) is 2. The molecular formula is C20H23ClF3N5O3. The number of piperazine rings is 1. The first kappa shape index (κ1) is 24.0. The summed E-state index contributed by atoms with van der Waals surface area (Å²) in [7, 11) is 0. The largest absolute Gasteiger partial charge is 0.489 e. The first-order valence-corrected chi connectivity index (χ1v) is 10.4. The fraction of sp³-hybridized carbons (Fsp3) is 0.500. The van der Waals surface area contributed by atoms with Gasteiger partial charge in [0.15, 0.2) is 5.75 Å². The van der Waals surface area contributed by atoms with Crippen LogP contribution in [0.1, 0.15) is 18.9 Å². The van der Waals surface area contributed by atoms with Crippen LogP contribution in [0.4, 0.5) is 19.0 Å². The summed E-state index contributed by atoms with van der Waals surface area (Å²) in [6, 6.07) is 3.62. The number of carbonyl (C=O) groups is 1. The summed E-state index contributed by atoms with van der Waals surface area (Å²) < 4.78 is 49.6. The molecule has 0 bridgehead atoms. The molecule has 0 spiro atoms. The quantitative estimate of drug-likeness (QED) is 0.583. The molecule has 0 aromatic carbocycles. The van der Waals surface area contributed by atoms with Crippen LogP contribution in [0.5, 0.6) is 5.75 Å². The Balaban J connectivity index is 1.37. The van der Waals surface area contributed by atoms with Crippen LogP contribution in [0.25, 0.3) is 0 Å². The maximum atomic E-state index is 12.9. The second-order valence-corrected chi connectivity index (χ2v) is 7.65. The average molecular weight is 474 g/mol. The molecule has 1 aliphatic rings. The zero-order chi connectivity index (χ0) is 23.1. The molecule has 3 heterocycles. The van der Waals surface area contributed by atoms with Crippen LogP contribution in [0.2, 0.25) is 5.02 Å². The van der Waals surface area contributed by atoms with E-state index in [9.17, 15) is 18.0 Å². The molecule has 2 aromatic rings. The van der Waals surface area contributed by atoms with Crippen molar-refractivity contribution in [2.45, 2.75) is 25.6 Å². The first-order valence-electron chi connectivity index (χ1n) is 10.0. The zero-order valence-electron chi connectivity index (χ0n) is 17.4. The molecule has 12 heteroatoms. The number of nitrogens with zero attached hydrogens (tertiary/aromatic N) is 5. The van der Waals surface area contributed by atoms with Crippen molar-refractivity contribution in [3.63, 3.8) is 0 Å². The summed E-state index contributed by atoms with van der Waals surface area (Å²) in [5.41, 5.74) is -0.997. The molecule has 32 heavy (non-hydrogen) atoms. The van der Waals surface area contributed by atoms with Gasteiger partial charge in [-0.05, 0) is 19.1 Å². The summed E-state index contributed by atoms with van der Waals surface area (Å²) >= 11 is 5.86. The Morgan fingerprint density at radius 3 is 2.53 bits per heavy atom. The van der Waals surface area contributed by atoms with E-state index >= 15 is 0 Å². The number of anilines is 1. The fourth-order valence-corrected chi connectivity index (χ4v) is 3.25. The summed E-state index contributed by atoms with van der Waals surface area (Å²) in [6.45, 7) is 4.14. The Morgan fingerprint density at radius 1 is 1.16 bits per heavy atom. The van der Waals surface area contributed by atoms with Crippen LogP contribution in [0.15, 0.2) is 30.7 Å². The molecule has 1 atom stereocenters. The van der Waals surface area contributed by atoms with E-state index in [1.807, 2.05) is 6.07 Å². The minimum absolute atomic E-state index is 0.0421. The van der Waals surface area contributed by atoms with Gasteiger partial charge in [-0.1, -0.05) is 11.6 Å². The summed E-state index contributed by atoms with van der Waals surface area (Å²) in [4.78, 5) is 20.6. The molecule has 1 saturated heterocycles. The van der Waals surface area contributed by atoms with Gasteiger partial charge in [-0.3, -0.25) is 4.79 Å². The Kier molecular flexibility index (Phi) is 8.08. The third-order valence-electron chi connectivity index (χ3n) is 4.86. The molecule has 1 unspecified atom stereocenters. The topological polar surface area (TPSA) is 80.7 Å². The molecule has 3 rings (SSSR count). The third-order valence-corrected chi connectivity index (χ3v) is 5.08. The second-order valence-electron chi connectivity index (χ2n) is 7.21. The van der Waals surface area contributed by atoms with Gasteiger partial charge in [-0.2, -0.15) is 23.4 Å². The van der Waals surface area contributed by atoms with E-state index in [2.05, 4.69) is 20.1 Å². The van der Waals surface area contributed by atoms with Crippen molar-refractivity contribution < 1.29 is 27.4 Å². The number of hydrogen-bond donors (Lipinski definition) is 0. The van der Waals surface area contributed by atoms with Crippen molar-refractivity contribution in [3.05, 3.63) is 41.3 Å². The van der Waals surface area contributed by atoms with E-state index in [-0.39, 0.29) is 25.5 Å². The highest BCUT2D eigenvalue weighted by atomic mass is 35.5. The van der Waals surface area contributed by atoms with Crippen LogP contribution < -0.4 is 9.64 Å². The number of aromatic nitrogens is 3. The smallest absolute Gasteiger partial charge is 0.421 e. The lowest BCUT2D eigenvalue weighted by Gasteiger charge is -2.35. The molecule has 1 amide bonds. The van der Waals surface area contributed by atoms with Crippen LogP contribution in [-0.2, 0) is 15.7 Å². The Hall–Kier alpha value is -2.66. The standard InChI is InChI=1S/C20H23ClF3N5O3/c1-14(13-32-17-12-27-26-11-16(17)20(22,23)24)31-9-4-19(30)29-7-5-28(6-8-29)18-3-2-15(21)10-25-18/h2-3,10-12,14H,4-9,13H2,1H3. The normalized spacial score (nSPS) is 15.5.